The molecular weight excluding hydrogens is 395 g/mol. The van der Waals surface area contributed by atoms with Crippen LogP contribution in [0.5, 0.6) is 5.75 Å². The molecule has 31 heavy (non-hydrogen) atoms. The first-order valence-electron chi connectivity index (χ1n) is 10.2. The molecule has 1 amide bonds. The fourth-order valence-corrected chi connectivity index (χ4v) is 3.85. The summed E-state index contributed by atoms with van der Waals surface area (Å²) in [5, 5.41) is 2.94. The number of halogens is 1. The molecule has 1 aliphatic heterocycles. The number of amides is 1. The molecule has 3 aromatic rings. The van der Waals surface area contributed by atoms with E-state index in [1.165, 1.54) is 12.1 Å². The SMILES string of the molecule is COc1ccc(C(C(=O)Nc2ccc(F)cc2)N2CCN(c3ccncc3)CC2)cc1. The number of ether oxygens (including phenoxy) is 1. The standard InChI is InChI=1S/C24H25FN4O2/c1-31-22-8-2-18(3-9-22)23(24(30)27-20-6-4-19(25)5-7-20)29-16-14-28(15-17-29)21-10-12-26-13-11-21/h2-13,23H,14-17H2,1H3,(H,27,30). The van der Waals surface area contributed by atoms with Crippen LogP contribution in [0.2, 0.25) is 0 Å². The van der Waals surface area contributed by atoms with Gasteiger partial charge in [0.05, 0.1) is 7.11 Å². The summed E-state index contributed by atoms with van der Waals surface area (Å²) in [6, 6.07) is 16.9. The molecule has 0 aliphatic carbocycles. The van der Waals surface area contributed by atoms with Crippen molar-refractivity contribution in [1.29, 1.82) is 0 Å². The van der Waals surface area contributed by atoms with E-state index in [9.17, 15) is 9.18 Å². The Balaban J connectivity index is 1.53. The highest BCUT2D eigenvalue weighted by atomic mass is 19.1. The van der Waals surface area contributed by atoms with Gasteiger partial charge < -0.3 is 15.0 Å². The van der Waals surface area contributed by atoms with Crippen LogP contribution in [0.1, 0.15) is 11.6 Å². The van der Waals surface area contributed by atoms with Gasteiger partial charge in [0.2, 0.25) is 5.91 Å². The van der Waals surface area contributed by atoms with Crippen LogP contribution >= 0.6 is 0 Å². The summed E-state index contributed by atoms with van der Waals surface area (Å²) in [7, 11) is 1.62. The first kappa shape index (κ1) is 20.8. The van der Waals surface area contributed by atoms with Gasteiger partial charge >= 0.3 is 0 Å². The molecule has 1 N–H and O–H groups in total. The molecule has 1 unspecified atom stereocenters. The second-order valence-electron chi connectivity index (χ2n) is 7.40. The Morgan fingerprint density at radius 3 is 2.23 bits per heavy atom. The first-order chi connectivity index (χ1) is 15.1. The largest absolute Gasteiger partial charge is 0.497 e. The highest BCUT2D eigenvalue weighted by Gasteiger charge is 2.30. The van der Waals surface area contributed by atoms with Crippen molar-refractivity contribution >= 4 is 17.3 Å². The Labute approximate surface area is 181 Å². The minimum absolute atomic E-state index is 0.144. The van der Waals surface area contributed by atoms with Gasteiger partial charge in [-0.1, -0.05) is 12.1 Å². The molecule has 0 spiro atoms. The molecule has 0 radical (unpaired) electrons. The van der Waals surface area contributed by atoms with Gasteiger partial charge in [0.15, 0.2) is 0 Å². The van der Waals surface area contributed by atoms with Gasteiger partial charge in [0, 0.05) is 49.9 Å². The summed E-state index contributed by atoms with van der Waals surface area (Å²) in [6.45, 7) is 3.08. The highest BCUT2D eigenvalue weighted by Crippen LogP contribution is 2.27. The lowest BCUT2D eigenvalue weighted by atomic mass is 10.0. The lowest BCUT2D eigenvalue weighted by Crippen LogP contribution is -2.50. The van der Waals surface area contributed by atoms with Crippen LogP contribution in [0.15, 0.2) is 73.1 Å². The maximum absolute atomic E-state index is 13.3. The van der Waals surface area contributed by atoms with E-state index >= 15 is 0 Å². The Morgan fingerprint density at radius 1 is 0.968 bits per heavy atom. The number of benzene rings is 2. The maximum atomic E-state index is 13.3. The second-order valence-corrected chi connectivity index (χ2v) is 7.40. The van der Waals surface area contributed by atoms with Crippen molar-refractivity contribution in [3.05, 3.63) is 84.4 Å². The van der Waals surface area contributed by atoms with Crippen LogP contribution < -0.4 is 15.0 Å². The third-order valence-electron chi connectivity index (χ3n) is 5.50. The van der Waals surface area contributed by atoms with E-state index in [2.05, 4.69) is 20.1 Å². The smallest absolute Gasteiger partial charge is 0.246 e. The number of hydrogen-bond donors (Lipinski definition) is 1. The number of piperazine rings is 1. The molecule has 1 fully saturated rings. The average Bonchev–Trinajstić information content (AvgIpc) is 2.82. The molecule has 1 aromatic heterocycles. The Bertz CT molecular complexity index is 988. The van der Waals surface area contributed by atoms with Crippen LogP contribution in [0.4, 0.5) is 15.8 Å². The number of methoxy groups -OCH3 is 1. The second kappa shape index (κ2) is 9.57. The van der Waals surface area contributed by atoms with Crippen molar-refractivity contribution in [3.63, 3.8) is 0 Å². The molecule has 160 valence electrons. The molecule has 4 rings (SSSR count). The molecule has 1 aliphatic rings. The van der Waals surface area contributed by atoms with E-state index in [4.69, 9.17) is 4.74 Å². The number of rotatable bonds is 6. The average molecular weight is 420 g/mol. The Hall–Kier alpha value is -3.45. The van der Waals surface area contributed by atoms with Crippen LogP contribution in [0.3, 0.4) is 0 Å². The quantitative estimate of drug-likeness (QED) is 0.659. The van der Waals surface area contributed by atoms with Crippen molar-refractivity contribution in [2.45, 2.75) is 6.04 Å². The first-order valence-corrected chi connectivity index (χ1v) is 10.2. The number of aromatic nitrogens is 1. The minimum Gasteiger partial charge on any atom is -0.497 e. The molecule has 2 aromatic carbocycles. The van der Waals surface area contributed by atoms with Gasteiger partial charge in [0.1, 0.15) is 17.6 Å². The lowest BCUT2D eigenvalue weighted by Gasteiger charge is -2.39. The van der Waals surface area contributed by atoms with E-state index in [0.29, 0.717) is 5.69 Å². The van der Waals surface area contributed by atoms with Crippen LogP contribution in [0.25, 0.3) is 0 Å². The van der Waals surface area contributed by atoms with Crippen LogP contribution in [-0.4, -0.2) is 49.1 Å². The van der Waals surface area contributed by atoms with Crippen molar-refractivity contribution in [2.75, 3.05) is 43.5 Å². The molecule has 6 nitrogen and oxygen atoms in total. The van der Waals surface area contributed by atoms with Crippen LogP contribution in [-0.2, 0) is 4.79 Å². The molecular formula is C24H25FN4O2. The molecule has 0 saturated carbocycles. The summed E-state index contributed by atoms with van der Waals surface area (Å²) in [5.74, 6) is 0.259. The van der Waals surface area contributed by atoms with E-state index in [-0.39, 0.29) is 11.7 Å². The zero-order valence-corrected chi connectivity index (χ0v) is 17.4. The van der Waals surface area contributed by atoms with E-state index < -0.39 is 6.04 Å². The number of nitrogens with zero attached hydrogens (tertiary/aromatic N) is 3. The number of nitrogens with one attached hydrogen (secondary N) is 1. The van der Waals surface area contributed by atoms with Gasteiger partial charge in [-0.15, -0.1) is 0 Å². The van der Waals surface area contributed by atoms with Crippen molar-refractivity contribution in [2.24, 2.45) is 0 Å². The molecule has 1 atom stereocenters. The predicted molar refractivity (Wildman–Crippen MR) is 119 cm³/mol. The zero-order valence-electron chi connectivity index (χ0n) is 17.4. The lowest BCUT2D eigenvalue weighted by molar-refractivity contribution is -0.121. The summed E-state index contributed by atoms with van der Waals surface area (Å²) < 4.78 is 18.5. The molecule has 7 heteroatoms. The molecule has 0 bridgehead atoms. The third kappa shape index (κ3) is 5.00. The summed E-state index contributed by atoms with van der Waals surface area (Å²) in [4.78, 5) is 21.9. The molecule has 2 heterocycles. The van der Waals surface area contributed by atoms with Crippen molar-refractivity contribution < 1.29 is 13.9 Å². The fraction of sp³-hybridized carbons (Fsp3) is 0.250. The third-order valence-corrected chi connectivity index (χ3v) is 5.50. The maximum Gasteiger partial charge on any atom is 0.246 e. The topological polar surface area (TPSA) is 57.7 Å². The van der Waals surface area contributed by atoms with E-state index in [1.807, 2.05) is 36.4 Å². The number of pyridine rings is 1. The van der Waals surface area contributed by atoms with Gasteiger partial charge in [-0.25, -0.2) is 4.39 Å². The van der Waals surface area contributed by atoms with E-state index in [1.54, 1.807) is 31.6 Å². The zero-order chi connectivity index (χ0) is 21.6. The number of carbonyl (C=O) groups is 1. The normalized spacial score (nSPS) is 15.4. The van der Waals surface area contributed by atoms with Gasteiger partial charge in [-0.2, -0.15) is 0 Å². The minimum atomic E-state index is -0.462. The Morgan fingerprint density at radius 2 is 1.61 bits per heavy atom. The number of anilines is 2. The van der Waals surface area contributed by atoms with Crippen LogP contribution in [0, 0.1) is 5.82 Å². The Kier molecular flexibility index (Phi) is 6.43. The van der Waals surface area contributed by atoms with Gasteiger partial charge in [-0.05, 0) is 54.1 Å². The molecule has 1 saturated heterocycles. The highest BCUT2D eigenvalue weighted by molar-refractivity contribution is 5.95. The predicted octanol–water partition coefficient (Wildman–Crippen LogP) is 3.73. The summed E-state index contributed by atoms with van der Waals surface area (Å²) in [6.07, 6.45) is 3.58. The van der Waals surface area contributed by atoms with Crippen molar-refractivity contribution in [1.82, 2.24) is 9.88 Å². The number of carbonyl (C=O) groups excluding carboxylic acids is 1. The van der Waals surface area contributed by atoms with Crippen molar-refractivity contribution in [3.8, 4) is 5.75 Å². The van der Waals surface area contributed by atoms with Gasteiger partial charge in [0.25, 0.3) is 0 Å². The van der Waals surface area contributed by atoms with Gasteiger partial charge in [-0.3, -0.25) is 14.7 Å². The van der Waals surface area contributed by atoms with E-state index in [0.717, 1.165) is 43.2 Å². The summed E-state index contributed by atoms with van der Waals surface area (Å²) in [5.41, 5.74) is 2.59. The monoisotopic (exact) mass is 420 g/mol. The fourth-order valence-electron chi connectivity index (χ4n) is 3.85. The number of hydrogen-bond acceptors (Lipinski definition) is 5. The summed E-state index contributed by atoms with van der Waals surface area (Å²) >= 11 is 0.